The highest BCUT2D eigenvalue weighted by Gasteiger charge is 2.42. The van der Waals surface area contributed by atoms with Crippen LogP contribution in [0.3, 0.4) is 0 Å². The van der Waals surface area contributed by atoms with Gasteiger partial charge in [0, 0.05) is 24.0 Å². The van der Waals surface area contributed by atoms with Crippen LogP contribution in [0.15, 0.2) is 79.5 Å². The zero-order valence-corrected chi connectivity index (χ0v) is 23.9. The monoisotopic (exact) mass is 577 g/mol. The highest BCUT2D eigenvalue weighted by atomic mass is 32.2. The smallest absolute Gasteiger partial charge is 0.216 e. The Hall–Kier alpha value is -4.09. The van der Waals surface area contributed by atoms with Crippen molar-refractivity contribution in [1.29, 1.82) is 0 Å². The number of benzene rings is 2. The van der Waals surface area contributed by atoms with Crippen LogP contribution in [0.5, 0.6) is 5.75 Å². The first kappa shape index (κ1) is 28.4. The lowest BCUT2D eigenvalue weighted by Crippen LogP contribution is -2.46. The predicted octanol–water partition coefficient (Wildman–Crippen LogP) is 5.68. The summed E-state index contributed by atoms with van der Waals surface area (Å²) >= 11 is 0. The van der Waals surface area contributed by atoms with Crippen LogP contribution in [-0.2, 0) is 27.0 Å². The lowest BCUT2D eigenvalue weighted by Gasteiger charge is -2.34. The maximum Gasteiger partial charge on any atom is 0.216 e. The standard InChI is InChI=1S/C30H32FN5O4S/c1-4-36(41(37,38)21(2)3)19-30(13-6-14-40-30)28-16-26-27(17-32-28)33-20-34-29(26)35-24-9-11-25(12-10-24)39-18-22-7-5-8-23(31)15-22/h5-12,14-17,20-21H,4,13,18-19H2,1-3H3,(H,33,34,35). The molecule has 2 aromatic heterocycles. The van der Waals surface area contributed by atoms with Crippen molar-refractivity contribution in [3.63, 3.8) is 0 Å². The molecule has 9 nitrogen and oxygen atoms in total. The summed E-state index contributed by atoms with van der Waals surface area (Å²) in [5, 5.41) is 3.49. The van der Waals surface area contributed by atoms with Gasteiger partial charge in [-0.15, -0.1) is 0 Å². The van der Waals surface area contributed by atoms with Crippen molar-refractivity contribution >= 4 is 32.4 Å². The van der Waals surface area contributed by atoms with Gasteiger partial charge in [-0.2, -0.15) is 4.31 Å². The number of anilines is 2. The van der Waals surface area contributed by atoms with Crippen molar-refractivity contribution < 1.29 is 22.3 Å². The van der Waals surface area contributed by atoms with Gasteiger partial charge >= 0.3 is 0 Å². The normalized spacial score (nSPS) is 16.8. The van der Waals surface area contributed by atoms with Gasteiger partial charge in [0.2, 0.25) is 10.0 Å². The number of fused-ring (bicyclic) bond motifs is 1. The number of hydrogen-bond donors (Lipinski definition) is 1. The molecule has 0 fully saturated rings. The molecular weight excluding hydrogens is 545 g/mol. The SMILES string of the molecule is CCN(CC1(c2cc3c(Nc4ccc(OCc5cccc(F)c5)cc4)ncnc3cn2)CC=CO1)S(=O)(=O)C(C)C. The third-order valence-corrected chi connectivity index (χ3v) is 9.28. The summed E-state index contributed by atoms with van der Waals surface area (Å²) in [6, 6.07) is 15.5. The first-order valence-corrected chi connectivity index (χ1v) is 14.9. The number of ether oxygens (including phenoxy) is 2. The molecule has 214 valence electrons. The Morgan fingerprint density at radius 3 is 2.61 bits per heavy atom. The van der Waals surface area contributed by atoms with E-state index in [2.05, 4.69) is 20.3 Å². The van der Waals surface area contributed by atoms with E-state index in [1.807, 2.05) is 49.4 Å². The van der Waals surface area contributed by atoms with E-state index in [-0.39, 0.29) is 19.0 Å². The zero-order valence-electron chi connectivity index (χ0n) is 23.1. The van der Waals surface area contributed by atoms with E-state index in [0.717, 1.165) is 11.3 Å². The van der Waals surface area contributed by atoms with Crippen LogP contribution in [0.1, 0.15) is 38.4 Å². The van der Waals surface area contributed by atoms with E-state index >= 15 is 0 Å². The van der Waals surface area contributed by atoms with Crippen molar-refractivity contribution in [1.82, 2.24) is 19.3 Å². The van der Waals surface area contributed by atoms with Crippen LogP contribution < -0.4 is 10.1 Å². The molecule has 1 unspecified atom stereocenters. The molecule has 11 heteroatoms. The van der Waals surface area contributed by atoms with Crippen molar-refractivity contribution in [3.8, 4) is 5.75 Å². The summed E-state index contributed by atoms with van der Waals surface area (Å²) in [7, 11) is -3.51. The molecular formula is C30H32FN5O4S. The van der Waals surface area contributed by atoms with E-state index < -0.39 is 20.9 Å². The number of aromatic nitrogens is 3. The maximum atomic E-state index is 13.4. The van der Waals surface area contributed by atoms with Crippen LogP contribution in [-0.4, -0.2) is 46.0 Å². The topological polar surface area (TPSA) is 107 Å². The fourth-order valence-electron chi connectivity index (χ4n) is 4.65. The average molecular weight is 578 g/mol. The predicted molar refractivity (Wildman–Crippen MR) is 156 cm³/mol. The van der Waals surface area contributed by atoms with Gasteiger partial charge in [-0.1, -0.05) is 19.1 Å². The van der Waals surface area contributed by atoms with Crippen LogP contribution in [0.4, 0.5) is 15.9 Å². The molecule has 0 saturated carbocycles. The molecule has 1 N–H and O–H groups in total. The maximum absolute atomic E-state index is 13.4. The van der Waals surface area contributed by atoms with Gasteiger partial charge in [0.1, 0.15) is 30.3 Å². The Balaban J connectivity index is 1.38. The van der Waals surface area contributed by atoms with Gasteiger partial charge in [-0.05, 0) is 68.0 Å². The third-order valence-electron chi connectivity index (χ3n) is 6.98. The van der Waals surface area contributed by atoms with E-state index in [1.54, 1.807) is 32.4 Å². The minimum Gasteiger partial charge on any atom is -0.489 e. The number of hydrogen-bond acceptors (Lipinski definition) is 8. The summed E-state index contributed by atoms with van der Waals surface area (Å²) < 4.78 is 52.8. The van der Waals surface area contributed by atoms with Crippen molar-refractivity contribution in [2.45, 2.75) is 44.6 Å². The molecule has 2 aromatic carbocycles. The molecule has 0 bridgehead atoms. The fourth-order valence-corrected chi connectivity index (χ4v) is 5.99. The summed E-state index contributed by atoms with van der Waals surface area (Å²) in [5.74, 6) is 0.907. The molecule has 1 aliphatic rings. The Bertz CT molecular complexity index is 1650. The molecule has 5 rings (SSSR count). The second-order valence-corrected chi connectivity index (χ2v) is 12.6. The zero-order chi connectivity index (χ0) is 29.0. The number of likely N-dealkylation sites (N-methyl/N-ethyl adjacent to an activating group) is 1. The summed E-state index contributed by atoms with van der Waals surface area (Å²) in [6.45, 7) is 5.86. The van der Waals surface area contributed by atoms with Crippen LogP contribution in [0.25, 0.3) is 10.9 Å². The molecule has 0 amide bonds. The molecule has 0 spiro atoms. The Morgan fingerprint density at radius 1 is 1.12 bits per heavy atom. The molecule has 0 saturated heterocycles. The average Bonchev–Trinajstić information content (AvgIpc) is 3.45. The minimum absolute atomic E-state index is 0.128. The molecule has 1 atom stereocenters. The number of nitrogens with zero attached hydrogens (tertiary/aromatic N) is 4. The lowest BCUT2D eigenvalue weighted by atomic mass is 9.94. The highest BCUT2D eigenvalue weighted by molar-refractivity contribution is 7.89. The van der Waals surface area contributed by atoms with E-state index in [0.29, 0.717) is 41.1 Å². The number of pyridine rings is 1. The molecule has 0 aliphatic carbocycles. The summed E-state index contributed by atoms with van der Waals surface area (Å²) in [4.78, 5) is 13.5. The van der Waals surface area contributed by atoms with Crippen LogP contribution in [0.2, 0.25) is 0 Å². The first-order valence-electron chi connectivity index (χ1n) is 13.4. The van der Waals surface area contributed by atoms with Gasteiger partial charge in [-0.3, -0.25) is 4.98 Å². The number of rotatable bonds is 11. The van der Waals surface area contributed by atoms with E-state index in [1.165, 1.54) is 22.8 Å². The molecule has 3 heterocycles. The molecule has 0 radical (unpaired) electrons. The highest BCUT2D eigenvalue weighted by Crippen LogP contribution is 2.37. The number of sulfonamides is 1. The van der Waals surface area contributed by atoms with Crippen LogP contribution in [0, 0.1) is 5.82 Å². The first-order chi connectivity index (χ1) is 19.7. The van der Waals surface area contributed by atoms with Crippen molar-refractivity contribution in [3.05, 3.63) is 96.5 Å². The van der Waals surface area contributed by atoms with Gasteiger partial charge in [0.05, 0.1) is 35.5 Å². The van der Waals surface area contributed by atoms with Crippen molar-refractivity contribution in [2.75, 3.05) is 18.4 Å². The van der Waals surface area contributed by atoms with Gasteiger partial charge < -0.3 is 14.8 Å². The lowest BCUT2D eigenvalue weighted by molar-refractivity contribution is 0.0201. The summed E-state index contributed by atoms with van der Waals surface area (Å²) in [6.07, 6.45) is 7.06. The van der Waals surface area contributed by atoms with E-state index in [9.17, 15) is 12.8 Å². The van der Waals surface area contributed by atoms with E-state index in [4.69, 9.17) is 9.47 Å². The quantitative estimate of drug-likeness (QED) is 0.243. The van der Waals surface area contributed by atoms with Crippen LogP contribution >= 0.6 is 0 Å². The van der Waals surface area contributed by atoms with Crippen molar-refractivity contribution in [2.24, 2.45) is 0 Å². The Morgan fingerprint density at radius 2 is 1.93 bits per heavy atom. The largest absolute Gasteiger partial charge is 0.489 e. The second-order valence-electron chi connectivity index (χ2n) is 10.1. The third kappa shape index (κ3) is 6.15. The Kier molecular flexibility index (Phi) is 8.18. The molecule has 41 heavy (non-hydrogen) atoms. The number of halogens is 1. The van der Waals surface area contributed by atoms with Gasteiger partial charge in [0.25, 0.3) is 0 Å². The second kappa shape index (κ2) is 11.8. The number of nitrogens with one attached hydrogen (secondary N) is 1. The minimum atomic E-state index is -3.51. The van der Waals surface area contributed by atoms with Gasteiger partial charge in [-0.25, -0.2) is 22.8 Å². The Labute approximate surface area is 239 Å². The molecule has 1 aliphatic heterocycles. The molecule has 4 aromatic rings. The van der Waals surface area contributed by atoms with Gasteiger partial charge in [0.15, 0.2) is 5.60 Å². The summed E-state index contributed by atoms with van der Waals surface area (Å²) in [5.41, 5.74) is 1.76. The fraction of sp³-hybridized carbons (Fsp3) is 0.300.